The monoisotopic (exact) mass is 415 g/mol. The average molecular weight is 416 g/mol. The molecule has 0 radical (unpaired) electrons. The minimum atomic E-state index is -3.08. The minimum Gasteiger partial charge on any atom is -0.334 e. The van der Waals surface area contributed by atoms with Crippen LogP contribution in [0.3, 0.4) is 0 Å². The molecule has 0 spiro atoms. The topological polar surface area (TPSA) is 54.5 Å². The predicted molar refractivity (Wildman–Crippen MR) is 105 cm³/mol. The van der Waals surface area contributed by atoms with Crippen LogP contribution in [-0.2, 0) is 21.2 Å². The number of rotatable bonds is 5. The van der Waals surface area contributed by atoms with Gasteiger partial charge in [0.15, 0.2) is 9.84 Å². The zero-order chi connectivity index (χ0) is 19.1. The molecule has 142 valence electrons. The highest BCUT2D eigenvalue weighted by molar-refractivity contribution is 7.91. The quantitative estimate of drug-likeness (QED) is 0.734. The fraction of sp³-hybridized carbons (Fsp3) is 0.526. The molecule has 1 saturated carbocycles. The summed E-state index contributed by atoms with van der Waals surface area (Å²) in [5, 5.41) is 0. The molecular weight excluding hydrogens is 393 g/mol. The van der Waals surface area contributed by atoms with Crippen molar-refractivity contribution in [2.45, 2.75) is 32.9 Å². The van der Waals surface area contributed by atoms with E-state index in [2.05, 4.69) is 0 Å². The first kappa shape index (κ1) is 19.7. The molecule has 2 aliphatic rings. The number of halogens is 2. The molecule has 1 aliphatic heterocycles. The Balaban J connectivity index is 1.86. The van der Waals surface area contributed by atoms with Crippen LogP contribution in [0.25, 0.3) is 0 Å². The van der Waals surface area contributed by atoms with Crippen LogP contribution in [0.2, 0.25) is 0 Å². The lowest BCUT2D eigenvalue weighted by atomic mass is 10.1. The molecule has 0 unspecified atom stereocenters. The van der Waals surface area contributed by atoms with E-state index in [4.69, 9.17) is 23.2 Å². The van der Waals surface area contributed by atoms with Crippen LogP contribution in [-0.4, -0.2) is 36.8 Å². The number of amides is 1. The number of hydrogen-bond acceptors (Lipinski definition) is 3. The molecule has 4 nitrogen and oxygen atoms in total. The van der Waals surface area contributed by atoms with E-state index in [0.29, 0.717) is 13.0 Å². The van der Waals surface area contributed by atoms with Gasteiger partial charge in [-0.3, -0.25) is 4.79 Å². The van der Waals surface area contributed by atoms with E-state index in [-0.39, 0.29) is 45.2 Å². The summed E-state index contributed by atoms with van der Waals surface area (Å²) in [4.78, 5) is 15.1. The van der Waals surface area contributed by atoms with Crippen LogP contribution < -0.4 is 0 Å². The molecule has 7 heteroatoms. The van der Waals surface area contributed by atoms with Gasteiger partial charge < -0.3 is 4.90 Å². The number of nitrogens with zero attached hydrogens (tertiary/aromatic N) is 1. The molecule has 0 N–H and O–H groups in total. The van der Waals surface area contributed by atoms with Crippen molar-refractivity contribution >= 4 is 38.9 Å². The summed E-state index contributed by atoms with van der Waals surface area (Å²) in [6.07, 6.45) is 2.21. The van der Waals surface area contributed by atoms with E-state index in [0.717, 1.165) is 5.56 Å². The van der Waals surface area contributed by atoms with Crippen LogP contribution in [0.4, 0.5) is 0 Å². The van der Waals surface area contributed by atoms with E-state index >= 15 is 0 Å². The van der Waals surface area contributed by atoms with E-state index in [1.807, 2.05) is 44.2 Å². The second-order valence-electron chi connectivity index (χ2n) is 7.79. The number of benzene rings is 1. The second kappa shape index (κ2) is 7.17. The van der Waals surface area contributed by atoms with Crippen LogP contribution in [0.1, 0.15) is 25.8 Å². The maximum atomic E-state index is 13.3. The Morgan fingerprint density at radius 3 is 2.46 bits per heavy atom. The van der Waals surface area contributed by atoms with Crippen molar-refractivity contribution in [3.05, 3.63) is 46.5 Å². The Bertz CT molecular complexity index is 816. The Morgan fingerprint density at radius 1 is 1.27 bits per heavy atom. The predicted octanol–water partition coefficient (Wildman–Crippen LogP) is 3.79. The van der Waals surface area contributed by atoms with Crippen molar-refractivity contribution in [3.63, 3.8) is 0 Å². The standard InChI is InChI=1S/C19H23Cl2NO3S/c1-19(2)15(10-16(20)21)17(19)18(23)22(11-13-6-4-3-5-7-13)14-8-9-26(24,25)12-14/h3-7,10,14-15,17H,8-9,11-12H2,1-2H3/t14-,15-,17+/m1/s1. The molecule has 1 heterocycles. The summed E-state index contributed by atoms with van der Waals surface area (Å²) in [6.45, 7) is 4.44. The normalized spacial score (nSPS) is 28.4. The summed E-state index contributed by atoms with van der Waals surface area (Å²) >= 11 is 11.6. The van der Waals surface area contributed by atoms with Gasteiger partial charge in [-0.15, -0.1) is 0 Å². The second-order valence-corrected chi connectivity index (χ2v) is 11.0. The number of carbonyl (C=O) groups is 1. The van der Waals surface area contributed by atoms with Gasteiger partial charge in [0.2, 0.25) is 5.91 Å². The van der Waals surface area contributed by atoms with Gasteiger partial charge in [-0.05, 0) is 29.4 Å². The third-order valence-electron chi connectivity index (χ3n) is 5.61. The molecule has 26 heavy (non-hydrogen) atoms. The zero-order valence-corrected chi connectivity index (χ0v) is 17.2. The van der Waals surface area contributed by atoms with Gasteiger partial charge in [-0.1, -0.05) is 67.4 Å². The summed E-state index contributed by atoms with van der Waals surface area (Å²) in [5.41, 5.74) is 0.754. The summed E-state index contributed by atoms with van der Waals surface area (Å²) in [5.74, 6) is -0.105. The highest BCUT2D eigenvalue weighted by atomic mass is 35.5. The molecule has 1 saturated heterocycles. The van der Waals surface area contributed by atoms with Crippen LogP contribution >= 0.6 is 23.2 Å². The molecule has 1 aliphatic carbocycles. The van der Waals surface area contributed by atoms with Crippen molar-refractivity contribution in [3.8, 4) is 0 Å². The fourth-order valence-corrected chi connectivity index (χ4v) is 5.97. The molecule has 1 aromatic rings. The maximum Gasteiger partial charge on any atom is 0.227 e. The van der Waals surface area contributed by atoms with Crippen molar-refractivity contribution in [2.75, 3.05) is 11.5 Å². The van der Waals surface area contributed by atoms with E-state index in [9.17, 15) is 13.2 Å². The van der Waals surface area contributed by atoms with Gasteiger partial charge in [0.05, 0.1) is 17.4 Å². The van der Waals surface area contributed by atoms with Crippen molar-refractivity contribution in [1.82, 2.24) is 4.90 Å². The number of allylic oxidation sites excluding steroid dienone is 1. The van der Waals surface area contributed by atoms with Crippen molar-refractivity contribution in [1.29, 1.82) is 0 Å². The third kappa shape index (κ3) is 4.10. The Labute approximate surface area is 165 Å². The Kier molecular flexibility index (Phi) is 5.44. The highest BCUT2D eigenvalue weighted by Crippen LogP contribution is 2.60. The molecule has 1 aromatic carbocycles. The van der Waals surface area contributed by atoms with Gasteiger partial charge in [0.25, 0.3) is 0 Å². The average Bonchev–Trinajstić information content (AvgIpc) is 2.89. The lowest BCUT2D eigenvalue weighted by Crippen LogP contribution is -2.42. The number of carbonyl (C=O) groups excluding carboxylic acids is 1. The molecule has 0 aromatic heterocycles. The van der Waals surface area contributed by atoms with Crippen LogP contribution in [0, 0.1) is 17.3 Å². The van der Waals surface area contributed by atoms with E-state index in [1.54, 1.807) is 11.0 Å². The first-order valence-electron chi connectivity index (χ1n) is 8.69. The largest absolute Gasteiger partial charge is 0.334 e. The summed E-state index contributed by atoms with van der Waals surface area (Å²) < 4.78 is 24.1. The van der Waals surface area contributed by atoms with E-state index in [1.165, 1.54) is 0 Å². The molecule has 2 fully saturated rings. The Morgan fingerprint density at radius 2 is 1.92 bits per heavy atom. The summed E-state index contributed by atoms with van der Waals surface area (Å²) in [6, 6.07) is 9.39. The lowest BCUT2D eigenvalue weighted by Gasteiger charge is -2.29. The molecule has 3 atom stereocenters. The lowest BCUT2D eigenvalue weighted by molar-refractivity contribution is -0.136. The first-order chi connectivity index (χ1) is 12.1. The van der Waals surface area contributed by atoms with Gasteiger partial charge in [-0.25, -0.2) is 8.42 Å². The number of sulfone groups is 1. The van der Waals surface area contributed by atoms with Gasteiger partial charge in [0, 0.05) is 12.6 Å². The third-order valence-corrected chi connectivity index (χ3v) is 7.61. The molecule has 0 bridgehead atoms. The first-order valence-corrected chi connectivity index (χ1v) is 11.3. The molecular formula is C19H23Cl2NO3S. The van der Waals surface area contributed by atoms with Crippen LogP contribution in [0.15, 0.2) is 40.9 Å². The molecule has 1 amide bonds. The zero-order valence-electron chi connectivity index (χ0n) is 14.9. The Hall–Kier alpha value is -1.04. The minimum absolute atomic E-state index is 0.0169. The maximum absolute atomic E-state index is 13.3. The van der Waals surface area contributed by atoms with Crippen molar-refractivity contribution in [2.24, 2.45) is 17.3 Å². The van der Waals surface area contributed by atoms with E-state index < -0.39 is 9.84 Å². The van der Waals surface area contributed by atoms with Crippen molar-refractivity contribution < 1.29 is 13.2 Å². The van der Waals surface area contributed by atoms with Gasteiger partial charge in [0.1, 0.15) is 4.49 Å². The van der Waals surface area contributed by atoms with Gasteiger partial charge in [-0.2, -0.15) is 0 Å². The summed E-state index contributed by atoms with van der Waals surface area (Å²) in [7, 11) is -3.08. The highest BCUT2D eigenvalue weighted by Gasteiger charge is 2.62. The smallest absolute Gasteiger partial charge is 0.227 e. The number of hydrogen-bond donors (Lipinski definition) is 0. The van der Waals surface area contributed by atoms with Crippen LogP contribution in [0.5, 0.6) is 0 Å². The molecule has 3 rings (SSSR count). The fourth-order valence-electron chi connectivity index (χ4n) is 3.96. The SMILES string of the molecule is CC1(C)[C@H](C=C(Cl)Cl)[C@H]1C(=O)N(Cc1ccccc1)[C@@H]1CCS(=O)(=O)C1. The van der Waals surface area contributed by atoms with Gasteiger partial charge >= 0.3 is 0 Å².